The Labute approximate surface area is 275 Å². The van der Waals surface area contributed by atoms with Crippen LogP contribution in [0.5, 0.6) is 11.5 Å². The van der Waals surface area contributed by atoms with Crippen LogP contribution >= 0.6 is 0 Å². The number of amides is 2. The molecule has 234 valence electrons. The van der Waals surface area contributed by atoms with Crippen molar-refractivity contribution in [3.63, 3.8) is 0 Å². The summed E-state index contributed by atoms with van der Waals surface area (Å²) in [6.45, 7) is 3.01. The molecule has 0 fully saturated rings. The van der Waals surface area contributed by atoms with Crippen LogP contribution in [-0.2, 0) is 13.6 Å². The van der Waals surface area contributed by atoms with Gasteiger partial charge in [0.25, 0.3) is 11.8 Å². The smallest absolute Gasteiger partial charge is 0.261 e. The number of halogens is 1. The summed E-state index contributed by atoms with van der Waals surface area (Å²) in [7, 11) is 3.47. The summed E-state index contributed by atoms with van der Waals surface area (Å²) in [4.78, 5) is 28.5. The van der Waals surface area contributed by atoms with Gasteiger partial charge in [0.05, 0.1) is 13.7 Å². The molecule has 2 aromatic carbocycles. The zero-order valence-corrected chi connectivity index (χ0v) is 28.4. The van der Waals surface area contributed by atoms with E-state index in [4.69, 9.17) is 9.47 Å². The second kappa shape index (κ2) is 20.9. The van der Waals surface area contributed by atoms with Gasteiger partial charge in [-0.3, -0.25) is 14.5 Å². The molecule has 0 N–H and O–H groups in total. The molecule has 0 atom stereocenters. The van der Waals surface area contributed by atoms with Gasteiger partial charge in [-0.2, -0.15) is 0 Å². The predicted octanol–water partition coefficient (Wildman–Crippen LogP) is 5.09. The van der Waals surface area contributed by atoms with Crippen molar-refractivity contribution in [3.05, 3.63) is 89.7 Å². The zero-order chi connectivity index (χ0) is 30.0. The third-order valence-corrected chi connectivity index (χ3v) is 7.66. The number of aromatic nitrogens is 1. The Morgan fingerprint density at radius 1 is 0.698 bits per heavy atom. The van der Waals surface area contributed by atoms with E-state index < -0.39 is 5.91 Å². The molecule has 1 heterocycles. The number of pyridine rings is 1. The summed E-state index contributed by atoms with van der Waals surface area (Å²) in [5, 5.41) is 0. The van der Waals surface area contributed by atoms with E-state index >= 15 is 0 Å². The maximum absolute atomic E-state index is 13.7. The number of hydrogen-bond acceptors (Lipinski definition) is 4. The fourth-order valence-corrected chi connectivity index (χ4v) is 5.06. The van der Waals surface area contributed by atoms with Gasteiger partial charge in [-0.25, -0.2) is 4.57 Å². The molecule has 0 radical (unpaired) electrons. The number of ether oxygens (including phenoxy) is 2. The molecule has 0 spiro atoms. The first-order chi connectivity index (χ1) is 20.5. The van der Waals surface area contributed by atoms with Crippen molar-refractivity contribution in [2.45, 2.75) is 90.5 Å². The normalized spacial score (nSPS) is 10.6. The number of benzene rings is 2. The number of rotatable bonds is 19. The Bertz CT molecular complexity index is 1230. The van der Waals surface area contributed by atoms with E-state index in [1.165, 1.54) is 69.1 Å². The molecule has 0 saturated carbocycles. The fraction of sp³-hybridized carbons (Fsp3) is 0.472. The molecule has 7 heteroatoms. The minimum atomic E-state index is -0.390. The van der Waals surface area contributed by atoms with Gasteiger partial charge in [-0.05, 0) is 36.8 Å². The van der Waals surface area contributed by atoms with Crippen LogP contribution in [0.2, 0.25) is 0 Å². The molecule has 43 heavy (non-hydrogen) atoms. The highest BCUT2D eigenvalue weighted by atomic mass is 127. The summed E-state index contributed by atoms with van der Waals surface area (Å²) in [6, 6.07) is 19.7. The standard InChI is InChI=1S/C36H49N2O4.HI/c1-4-5-6-7-8-9-10-11-12-13-14-20-27-42-33-25-24-31(28-34(33)41-3)36(40)38(29-32-23-18-19-26-37(32)2)35(39)30-21-16-15-17-22-30;/h15-19,21-26,28H,4-14,20,27,29H2,1-3H3;1H/q+1;/p-1. The maximum atomic E-state index is 13.7. The molecule has 3 rings (SSSR count). The van der Waals surface area contributed by atoms with Crippen molar-refractivity contribution in [3.8, 4) is 11.5 Å². The average molecular weight is 701 g/mol. The van der Waals surface area contributed by atoms with Crippen molar-refractivity contribution in [1.82, 2.24) is 4.90 Å². The van der Waals surface area contributed by atoms with Crippen LogP contribution in [0, 0.1) is 0 Å². The zero-order valence-electron chi connectivity index (χ0n) is 26.2. The van der Waals surface area contributed by atoms with Gasteiger partial charge in [0.2, 0.25) is 5.69 Å². The predicted molar refractivity (Wildman–Crippen MR) is 168 cm³/mol. The molecule has 1 aromatic heterocycles. The lowest BCUT2D eigenvalue weighted by atomic mass is 10.1. The SMILES string of the molecule is CCCCCCCCCCCCCCOc1ccc(C(=O)N(Cc2cccc[n+]2C)C(=O)c2ccccc2)cc1OC.[I-]. The molecule has 0 bridgehead atoms. The molecule has 0 saturated heterocycles. The van der Waals surface area contributed by atoms with Gasteiger partial charge < -0.3 is 33.5 Å². The molecule has 0 aliphatic carbocycles. The summed E-state index contributed by atoms with van der Waals surface area (Å²) in [6.07, 6.45) is 17.4. The maximum Gasteiger partial charge on any atom is 0.261 e. The lowest BCUT2D eigenvalue weighted by Crippen LogP contribution is -3.00. The number of imide groups is 1. The summed E-state index contributed by atoms with van der Waals surface area (Å²) >= 11 is 0. The molecule has 6 nitrogen and oxygen atoms in total. The first kappa shape index (κ1) is 36.3. The van der Waals surface area contributed by atoms with Gasteiger partial charge in [0, 0.05) is 23.3 Å². The summed E-state index contributed by atoms with van der Waals surface area (Å²) in [5.74, 6) is 0.346. The van der Waals surface area contributed by atoms with Gasteiger partial charge >= 0.3 is 0 Å². The number of unbranched alkanes of at least 4 members (excludes halogenated alkanes) is 11. The Balaban J connectivity index is 0.00000645. The van der Waals surface area contributed by atoms with Crippen molar-refractivity contribution in [2.75, 3.05) is 13.7 Å². The van der Waals surface area contributed by atoms with Crippen LogP contribution in [-0.4, -0.2) is 30.4 Å². The highest BCUT2D eigenvalue weighted by Crippen LogP contribution is 2.29. The van der Waals surface area contributed by atoms with Crippen LogP contribution in [0.4, 0.5) is 0 Å². The van der Waals surface area contributed by atoms with Crippen molar-refractivity contribution >= 4 is 11.8 Å². The van der Waals surface area contributed by atoms with Crippen molar-refractivity contribution in [1.29, 1.82) is 0 Å². The Hall–Kier alpha value is -2.94. The highest BCUT2D eigenvalue weighted by Gasteiger charge is 2.27. The third kappa shape index (κ3) is 12.3. The fourth-order valence-electron chi connectivity index (χ4n) is 5.06. The van der Waals surface area contributed by atoms with E-state index in [0.717, 1.165) is 18.5 Å². The molecule has 2 amide bonds. The van der Waals surface area contributed by atoms with E-state index in [1.54, 1.807) is 49.6 Å². The minimum Gasteiger partial charge on any atom is -1.00 e. The van der Waals surface area contributed by atoms with Gasteiger partial charge in [-0.1, -0.05) is 102 Å². The van der Waals surface area contributed by atoms with E-state index in [-0.39, 0.29) is 36.4 Å². The summed E-state index contributed by atoms with van der Waals surface area (Å²) < 4.78 is 13.5. The van der Waals surface area contributed by atoms with E-state index in [9.17, 15) is 9.59 Å². The van der Waals surface area contributed by atoms with Crippen LogP contribution in [0.15, 0.2) is 72.9 Å². The molecule has 0 unspecified atom stereocenters. The average Bonchev–Trinajstić information content (AvgIpc) is 3.02. The molecule has 0 aliphatic heterocycles. The summed E-state index contributed by atoms with van der Waals surface area (Å²) in [5.41, 5.74) is 1.66. The number of carbonyl (C=O) groups excluding carboxylic acids is 2. The molecular weight excluding hydrogens is 651 g/mol. The number of nitrogens with zero attached hydrogens (tertiary/aromatic N) is 2. The van der Waals surface area contributed by atoms with E-state index in [0.29, 0.717) is 29.2 Å². The molecular formula is C36H49IN2O4. The highest BCUT2D eigenvalue weighted by molar-refractivity contribution is 6.10. The lowest BCUT2D eigenvalue weighted by Gasteiger charge is -2.21. The van der Waals surface area contributed by atoms with E-state index in [2.05, 4.69) is 6.92 Å². The number of aryl methyl sites for hydroxylation is 1. The minimum absolute atomic E-state index is 0. The Morgan fingerprint density at radius 3 is 1.88 bits per heavy atom. The lowest BCUT2D eigenvalue weighted by molar-refractivity contribution is -0.679. The molecule has 3 aromatic rings. The van der Waals surface area contributed by atoms with E-state index in [1.807, 2.05) is 42.1 Å². The number of methoxy groups -OCH3 is 1. The second-order valence-electron chi connectivity index (χ2n) is 11.0. The van der Waals surface area contributed by atoms with Crippen molar-refractivity contribution in [2.24, 2.45) is 7.05 Å². The number of hydrogen-bond donors (Lipinski definition) is 0. The molecule has 0 aliphatic rings. The Kier molecular flexibility index (Phi) is 17.6. The van der Waals surface area contributed by atoms with Gasteiger partial charge in [0.15, 0.2) is 17.7 Å². The largest absolute Gasteiger partial charge is 1.00 e. The Morgan fingerprint density at radius 2 is 1.28 bits per heavy atom. The topological polar surface area (TPSA) is 59.7 Å². The van der Waals surface area contributed by atoms with Crippen LogP contribution in [0.1, 0.15) is 110 Å². The van der Waals surface area contributed by atoms with Crippen molar-refractivity contribution < 1.29 is 47.6 Å². The number of carbonyl (C=O) groups is 2. The van der Waals surface area contributed by atoms with Gasteiger partial charge in [0.1, 0.15) is 13.6 Å². The quantitative estimate of drug-likeness (QED) is 0.0758. The van der Waals surface area contributed by atoms with Crippen LogP contribution < -0.4 is 38.0 Å². The van der Waals surface area contributed by atoms with Crippen LogP contribution in [0.25, 0.3) is 0 Å². The monoisotopic (exact) mass is 700 g/mol. The first-order valence-electron chi connectivity index (χ1n) is 15.7. The second-order valence-corrected chi connectivity index (χ2v) is 11.0. The van der Waals surface area contributed by atoms with Crippen LogP contribution in [0.3, 0.4) is 0 Å². The third-order valence-electron chi connectivity index (χ3n) is 7.66. The first-order valence-corrected chi connectivity index (χ1v) is 15.7. The van der Waals surface area contributed by atoms with Gasteiger partial charge in [-0.15, -0.1) is 0 Å².